The summed E-state index contributed by atoms with van der Waals surface area (Å²) in [5.74, 6) is 1.83. The van der Waals surface area contributed by atoms with E-state index >= 15 is 0 Å². The van der Waals surface area contributed by atoms with Crippen LogP contribution in [0.4, 0.5) is 0 Å². The summed E-state index contributed by atoms with van der Waals surface area (Å²) >= 11 is 0. The molecule has 0 radical (unpaired) electrons. The lowest BCUT2D eigenvalue weighted by molar-refractivity contribution is 0.0702. The molecule has 0 unspecified atom stereocenters. The van der Waals surface area contributed by atoms with Crippen molar-refractivity contribution in [2.24, 2.45) is 4.99 Å². The highest BCUT2D eigenvalue weighted by atomic mass is 16.5. The van der Waals surface area contributed by atoms with E-state index < -0.39 is 0 Å². The molecule has 2 rings (SSSR count). The number of aliphatic imine (C=N–C) groups is 1. The van der Waals surface area contributed by atoms with E-state index in [4.69, 9.17) is 14.0 Å². The van der Waals surface area contributed by atoms with Crippen molar-refractivity contribution in [2.45, 2.75) is 19.8 Å². The number of ether oxygens (including phenoxy) is 2. The summed E-state index contributed by atoms with van der Waals surface area (Å²) in [6.07, 6.45) is 3.18. The van der Waals surface area contributed by atoms with Gasteiger partial charge < -0.3 is 24.6 Å². The van der Waals surface area contributed by atoms with Crippen molar-refractivity contribution in [3.05, 3.63) is 30.2 Å². The Morgan fingerprint density at radius 1 is 1.22 bits per heavy atom. The van der Waals surface area contributed by atoms with Crippen molar-refractivity contribution in [2.75, 3.05) is 46.6 Å². The number of guanidine groups is 1. The molecule has 0 fully saturated rings. The number of aromatic nitrogens is 3. The normalized spacial score (nSPS) is 11.6. The second-order valence-electron chi connectivity index (χ2n) is 5.63. The minimum absolute atomic E-state index is 0.430. The van der Waals surface area contributed by atoms with Gasteiger partial charge in [0, 0.05) is 46.0 Å². The van der Waals surface area contributed by atoms with Gasteiger partial charge in [-0.3, -0.25) is 9.98 Å². The number of methoxy groups -OCH3 is 1. The molecule has 0 saturated heterocycles. The zero-order valence-electron chi connectivity index (χ0n) is 16.0. The van der Waals surface area contributed by atoms with E-state index in [1.165, 1.54) is 0 Å². The summed E-state index contributed by atoms with van der Waals surface area (Å²) in [7, 11) is 1.66. The van der Waals surface area contributed by atoms with Crippen LogP contribution in [-0.4, -0.2) is 67.6 Å². The lowest BCUT2D eigenvalue weighted by Gasteiger charge is -2.10. The van der Waals surface area contributed by atoms with Gasteiger partial charge in [-0.2, -0.15) is 4.98 Å². The van der Waals surface area contributed by atoms with Crippen LogP contribution in [0.3, 0.4) is 0 Å². The summed E-state index contributed by atoms with van der Waals surface area (Å²) in [5.41, 5.74) is 0.673. The van der Waals surface area contributed by atoms with Gasteiger partial charge in [0.25, 0.3) is 5.89 Å². The first kappa shape index (κ1) is 20.8. The Bertz CT molecular complexity index is 662. The first-order valence-corrected chi connectivity index (χ1v) is 9.16. The number of nitrogens with zero attached hydrogens (tertiary/aromatic N) is 4. The van der Waals surface area contributed by atoms with Crippen LogP contribution in [0.5, 0.6) is 0 Å². The van der Waals surface area contributed by atoms with Crippen molar-refractivity contribution < 1.29 is 14.0 Å². The maximum Gasteiger partial charge on any atom is 0.276 e. The second kappa shape index (κ2) is 12.8. The molecular weight excluding hydrogens is 348 g/mol. The molecule has 0 bridgehead atoms. The molecule has 2 N–H and O–H groups in total. The minimum Gasteiger partial charge on any atom is -0.382 e. The molecule has 2 heterocycles. The fourth-order valence-electron chi connectivity index (χ4n) is 2.19. The molecule has 2 aromatic rings. The minimum atomic E-state index is 0.430. The fraction of sp³-hybridized carbons (Fsp3) is 0.556. The molecule has 27 heavy (non-hydrogen) atoms. The van der Waals surface area contributed by atoms with Crippen molar-refractivity contribution in [1.82, 2.24) is 25.8 Å². The van der Waals surface area contributed by atoms with Gasteiger partial charge in [-0.15, -0.1) is 0 Å². The molecule has 0 aromatic carbocycles. The second-order valence-corrected chi connectivity index (χ2v) is 5.63. The summed E-state index contributed by atoms with van der Waals surface area (Å²) < 4.78 is 15.6. The van der Waals surface area contributed by atoms with E-state index in [1.807, 2.05) is 25.1 Å². The SMILES string of the molecule is CCNC(=NCCCOCCOC)NCCc1noc(-c2ccccn2)n1. The predicted octanol–water partition coefficient (Wildman–Crippen LogP) is 1.28. The van der Waals surface area contributed by atoms with Gasteiger partial charge in [0.2, 0.25) is 0 Å². The molecule has 0 aliphatic carbocycles. The zero-order chi connectivity index (χ0) is 19.2. The largest absolute Gasteiger partial charge is 0.382 e. The van der Waals surface area contributed by atoms with Gasteiger partial charge >= 0.3 is 0 Å². The third kappa shape index (κ3) is 8.14. The monoisotopic (exact) mass is 376 g/mol. The maximum atomic E-state index is 5.43. The van der Waals surface area contributed by atoms with Crippen molar-refractivity contribution in [1.29, 1.82) is 0 Å². The number of pyridine rings is 1. The number of rotatable bonds is 12. The molecular formula is C18H28N6O3. The van der Waals surface area contributed by atoms with E-state index in [1.54, 1.807) is 13.3 Å². The Labute approximate surface area is 159 Å². The first-order chi connectivity index (χ1) is 13.3. The quantitative estimate of drug-likeness (QED) is 0.324. The van der Waals surface area contributed by atoms with Gasteiger partial charge in [0.15, 0.2) is 11.8 Å². The molecule has 0 aliphatic heterocycles. The molecule has 0 amide bonds. The maximum absolute atomic E-state index is 5.43. The lowest BCUT2D eigenvalue weighted by Crippen LogP contribution is -2.38. The Hall–Kier alpha value is -2.52. The standard InChI is InChI=1S/C18H28N6O3/c1-3-19-18(21-10-6-12-26-14-13-25-2)22-11-8-16-23-17(27-24-16)15-7-4-5-9-20-15/h4-5,7,9H,3,6,8,10-14H2,1-2H3,(H2,19,21,22). The van der Waals surface area contributed by atoms with Crippen LogP contribution in [0, 0.1) is 0 Å². The molecule has 0 spiro atoms. The molecule has 2 aromatic heterocycles. The van der Waals surface area contributed by atoms with E-state index in [0.717, 1.165) is 18.9 Å². The van der Waals surface area contributed by atoms with Gasteiger partial charge in [-0.1, -0.05) is 11.2 Å². The first-order valence-electron chi connectivity index (χ1n) is 9.16. The highest BCUT2D eigenvalue weighted by Crippen LogP contribution is 2.12. The van der Waals surface area contributed by atoms with Crippen LogP contribution in [0.25, 0.3) is 11.6 Å². The van der Waals surface area contributed by atoms with Gasteiger partial charge in [0.05, 0.1) is 13.2 Å². The molecule has 0 atom stereocenters. The average Bonchev–Trinajstić information content (AvgIpc) is 3.17. The Morgan fingerprint density at radius 2 is 2.15 bits per heavy atom. The van der Waals surface area contributed by atoms with Crippen LogP contribution in [0.2, 0.25) is 0 Å². The number of nitrogens with one attached hydrogen (secondary N) is 2. The highest BCUT2D eigenvalue weighted by molar-refractivity contribution is 5.79. The van der Waals surface area contributed by atoms with Gasteiger partial charge in [0.1, 0.15) is 5.69 Å². The van der Waals surface area contributed by atoms with Crippen molar-refractivity contribution in [3.8, 4) is 11.6 Å². The van der Waals surface area contributed by atoms with E-state index in [0.29, 0.717) is 56.7 Å². The van der Waals surface area contributed by atoms with Crippen LogP contribution in [0.15, 0.2) is 33.9 Å². The third-order valence-corrected chi connectivity index (χ3v) is 3.49. The van der Waals surface area contributed by atoms with Crippen LogP contribution < -0.4 is 10.6 Å². The Morgan fingerprint density at radius 3 is 2.93 bits per heavy atom. The zero-order valence-corrected chi connectivity index (χ0v) is 16.0. The summed E-state index contributed by atoms with van der Waals surface area (Å²) in [5, 5.41) is 10.5. The summed E-state index contributed by atoms with van der Waals surface area (Å²) in [6, 6.07) is 5.57. The topological polar surface area (TPSA) is 107 Å². The van der Waals surface area contributed by atoms with E-state index in [9.17, 15) is 0 Å². The smallest absolute Gasteiger partial charge is 0.276 e. The average molecular weight is 376 g/mol. The molecule has 0 saturated carbocycles. The fourth-order valence-corrected chi connectivity index (χ4v) is 2.19. The number of hydrogen-bond acceptors (Lipinski definition) is 7. The summed E-state index contributed by atoms with van der Waals surface area (Å²) in [6.45, 7) is 6.07. The van der Waals surface area contributed by atoms with E-state index in [-0.39, 0.29) is 0 Å². The lowest BCUT2D eigenvalue weighted by atomic mass is 10.3. The summed E-state index contributed by atoms with van der Waals surface area (Å²) in [4.78, 5) is 13.1. The third-order valence-electron chi connectivity index (χ3n) is 3.49. The van der Waals surface area contributed by atoms with Gasteiger partial charge in [-0.25, -0.2) is 0 Å². The number of hydrogen-bond donors (Lipinski definition) is 2. The molecule has 9 heteroatoms. The molecule has 0 aliphatic rings. The molecule has 148 valence electrons. The van der Waals surface area contributed by atoms with Gasteiger partial charge in [-0.05, 0) is 25.5 Å². The molecule has 9 nitrogen and oxygen atoms in total. The van der Waals surface area contributed by atoms with Crippen molar-refractivity contribution in [3.63, 3.8) is 0 Å². The van der Waals surface area contributed by atoms with Crippen LogP contribution in [0.1, 0.15) is 19.2 Å². The highest BCUT2D eigenvalue weighted by Gasteiger charge is 2.09. The Kier molecular flexibility index (Phi) is 9.83. The van der Waals surface area contributed by atoms with Crippen molar-refractivity contribution >= 4 is 5.96 Å². The Balaban J connectivity index is 1.71. The van der Waals surface area contributed by atoms with Crippen LogP contribution >= 0.6 is 0 Å². The van der Waals surface area contributed by atoms with Crippen LogP contribution in [-0.2, 0) is 15.9 Å². The van der Waals surface area contributed by atoms with E-state index in [2.05, 4.69) is 30.8 Å². The predicted molar refractivity (Wildman–Crippen MR) is 103 cm³/mol.